The summed E-state index contributed by atoms with van der Waals surface area (Å²) in [7, 11) is 0. The number of hydrogen-bond acceptors (Lipinski definition) is 0. The Kier molecular flexibility index (Phi) is 6.37. The van der Waals surface area contributed by atoms with Crippen LogP contribution in [0.5, 0.6) is 0 Å². The molecule has 0 nitrogen and oxygen atoms in total. The summed E-state index contributed by atoms with van der Waals surface area (Å²) in [5.74, 6) is 2.36. The van der Waals surface area contributed by atoms with Crippen molar-refractivity contribution in [3.8, 4) is 0 Å². The molecule has 0 heteroatoms. The van der Waals surface area contributed by atoms with Gasteiger partial charge in [0.05, 0.1) is 0 Å². The third kappa shape index (κ3) is 4.22. The molecule has 28 heavy (non-hydrogen) atoms. The number of rotatable bonds is 4. The fraction of sp³-hybridized carbons (Fsp3) is 0.571. The van der Waals surface area contributed by atoms with Gasteiger partial charge in [-0.3, -0.25) is 0 Å². The lowest BCUT2D eigenvalue weighted by Crippen LogP contribution is -2.11. The zero-order valence-corrected chi connectivity index (χ0v) is 19.4. The van der Waals surface area contributed by atoms with Crippen molar-refractivity contribution in [3.63, 3.8) is 0 Å². The SMILES string of the molecule is CC(C)c1cc(C(C)C)c2cc1CCc1cc(c(C(C)C)cc1C(C)C)CC2. The Morgan fingerprint density at radius 1 is 0.393 bits per heavy atom. The zero-order valence-electron chi connectivity index (χ0n) is 19.4. The molecule has 0 fully saturated rings. The molecule has 3 rings (SSSR count). The van der Waals surface area contributed by atoms with Gasteiger partial charge in [-0.25, -0.2) is 0 Å². The van der Waals surface area contributed by atoms with E-state index in [1.807, 2.05) is 0 Å². The predicted molar refractivity (Wildman–Crippen MR) is 124 cm³/mol. The molecule has 0 unspecified atom stereocenters. The first-order chi connectivity index (χ1) is 13.2. The van der Waals surface area contributed by atoms with Crippen LogP contribution in [0, 0.1) is 0 Å². The summed E-state index contributed by atoms with van der Waals surface area (Å²) in [5, 5.41) is 0. The van der Waals surface area contributed by atoms with Crippen LogP contribution < -0.4 is 0 Å². The molecule has 1 aliphatic rings. The molecule has 0 saturated carbocycles. The van der Waals surface area contributed by atoms with Gasteiger partial charge >= 0.3 is 0 Å². The highest BCUT2D eigenvalue weighted by molar-refractivity contribution is 5.46. The predicted octanol–water partition coefficient (Wildman–Crippen LogP) is 8.06. The van der Waals surface area contributed by atoms with E-state index in [2.05, 4.69) is 79.7 Å². The zero-order chi connectivity index (χ0) is 20.6. The third-order valence-corrected chi connectivity index (χ3v) is 6.62. The fourth-order valence-corrected chi connectivity index (χ4v) is 5.01. The van der Waals surface area contributed by atoms with Crippen molar-refractivity contribution in [2.45, 2.75) is 105 Å². The summed E-state index contributed by atoms with van der Waals surface area (Å²) >= 11 is 0. The monoisotopic (exact) mass is 376 g/mol. The molecule has 2 aromatic carbocycles. The first kappa shape index (κ1) is 21.2. The van der Waals surface area contributed by atoms with Gasteiger partial charge in [0.2, 0.25) is 0 Å². The molecular weight excluding hydrogens is 336 g/mol. The molecule has 0 radical (unpaired) electrons. The van der Waals surface area contributed by atoms with Crippen LogP contribution >= 0.6 is 0 Å². The van der Waals surface area contributed by atoms with E-state index in [4.69, 9.17) is 0 Å². The average Bonchev–Trinajstić information content (AvgIpc) is 2.62. The lowest BCUT2D eigenvalue weighted by Gasteiger charge is -2.25. The lowest BCUT2D eigenvalue weighted by atomic mass is 9.80. The smallest absolute Gasteiger partial charge is 0.0216 e. The van der Waals surface area contributed by atoms with E-state index in [0.717, 1.165) is 0 Å². The summed E-state index contributed by atoms with van der Waals surface area (Å²) in [5.41, 5.74) is 12.6. The minimum atomic E-state index is 0.591. The van der Waals surface area contributed by atoms with E-state index >= 15 is 0 Å². The molecule has 0 amide bonds. The van der Waals surface area contributed by atoms with Gasteiger partial charge in [-0.2, -0.15) is 0 Å². The van der Waals surface area contributed by atoms with E-state index in [0.29, 0.717) is 23.7 Å². The maximum Gasteiger partial charge on any atom is -0.0216 e. The molecule has 0 saturated heterocycles. The van der Waals surface area contributed by atoms with Gasteiger partial charge in [-0.15, -0.1) is 0 Å². The first-order valence-electron chi connectivity index (χ1n) is 11.5. The molecule has 0 aliphatic heterocycles. The van der Waals surface area contributed by atoms with E-state index in [-0.39, 0.29) is 0 Å². The second-order valence-corrected chi connectivity index (χ2v) is 10.1. The molecule has 0 heterocycles. The number of fused-ring (bicyclic) bond motifs is 4. The summed E-state index contributed by atoms with van der Waals surface area (Å²) in [6.45, 7) is 18.8. The number of hydrogen-bond donors (Lipinski definition) is 0. The molecule has 1 aliphatic carbocycles. The van der Waals surface area contributed by atoms with Crippen LogP contribution in [-0.2, 0) is 25.7 Å². The maximum absolute atomic E-state index is 2.57. The third-order valence-electron chi connectivity index (χ3n) is 6.62. The molecule has 2 aromatic rings. The van der Waals surface area contributed by atoms with Crippen molar-refractivity contribution in [3.05, 3.63) is 68.8 Å². The summed E-state index contributed by atoms with van der Waals surface area (Å²) in [6, 6.07) is 10.2. The molecule has 0 spiro atoms. The van der Waals surface area contributed by atoms with Gasteiger partial charge in [0.25, 0.3) is 0 Å². The Labute approximate surface area is 173 Å². The van der Waals surface area contributed by atoms with Gasteiger partial charge in [-0.1, -0.05) is 79.7 Å². The number of aryl methyl sites for hydroxylation is 4. The minimum absolute atomic E-state index is 0.591. The normalized spacial score (nSPS) is 14.4. The largest absolute Gasteiger partial charge is 0.0587 e. The number of benzene rings is 2. The van der Waals surface area contributed by atoms with Crippen LogP contribution in [0.15, 0.2) is 24.3 Å². The van der Waals surface area contributed by atoms with Gasteiger partial charge in [-0.05, 0) is 93.9 Å². The van der Waals surface area contributed by atoms with E-state index in [1.165, 1.54) is 25.7 Å². The standard InChI is InChI=1S/C28H40/c1-17(2)25-15-26(18(3)4)22-11-12-24-14-23(10-9-21(25)13-22)27(19(5)6)16-28(24)20(7)8/h13-20H,9-12H2,1-8H3. The Balaban J connectivity index is 2.14. The van der Waals surface area contributed by atoms with Gasteiger partial charge in [0.1, 0.15) is 0 Å². The van der Waals surface area contributed by atoms with Crippen LogP contribution in [0.4, 0.5) is 0 Å². The Morgan fingerprint density at radius 3 is 0.786 bits per heavy atom. The van der Waals surface area contributed by atoms with Crippen molar-refractivity contribution in [1.82, 2.24) is 0 Å². The van der Waals surface area contributed by atoms with Crippen molar-refractivity contribution in [2.75, 3.05) is 0 Å². The second kappa shape index (κ2) is 8.44. The molecule has 0 atom stereocenters. The van der Waals surface area contributed by atoms with E-state index in [9.17, 15) is 0 Å². The highest BCUT2D eigenvalue weighted by Gasteiger charge is 2.20. The van der Waals surface area contributed by atoms with Crippen molar-refractivity contribution < 1.29 is 0 Å². The highest BCUT2D eigenvalue weighted by Crippen LogP contribution is 2.34. The van der Waals surface area contributed by atoms with Crippen LogP contribution in [0.1, 0.15) is 124 Å². The van der Waals surface area contributed by atoms with Crippen molar-refractivity contribution >= 4 is 0 Å². The Bertz CT molecular complexity index is 700. The van der Waals surface area contributed by atoms with Crippen LogP contribution in [0.3, 0.4) is 0 Å². The molecular formula is C28H40. The quantitative estimate of drug-likeness (QED) is 0.506. The molecule has 152 valence electrons. The van der Waals surface area contributed by atoms with Crippen LogP contribution in [0.2, 0.25) is 0 Å². The van der Waals surface area contributed by atoms with E-state index in [1.54, 1.807) is 44.5 Å². The molecule has 0 aromatic heterocycles. The van der Waals surface area contributed by atoms with Crippen molar-refractivity contribution in [1.29, 1.82) is 0 Å². The highest BCUT2D eigenvalue weighted by atomic mass is 14.2. The lowest BCUT2D eigenvalue weighted by molar-refractivity contribution is 0.758. The van der Waals surface area contributed by atoms with Gasteiger partial charge in [0.15, 0.2) is 0 Å². The minimum Gasteiger partial charge on any atom is -0.0587 e. The van der Waals surface area contributed by atoms with Gasteiger partial charge < -0.3 is 0 Å². The average molecular weight is 377 g/mol. The summed E-state index contributed by atoms with van der Waals surface area (Å²) in [6.07, 6.45) is 4.66. The summed E-state index contributed by atoms with van der Waals surface area (Å²) in [4.78, 5) is 0. The fourth-order valence-electron chi connectivity index (χ4n) is 5.01. The maximum atomic E-state index is 2.57. The van der Waals surface area contributed by atoms with Gasteiger partial charge in [0, 0.05) is 0 Å². The van der Waals surface area contributed by atoms with Crippen LogP contribution in [0.25, 0.3) is 0 Å². The summed E-state index contributed by atoms with van der Waals surface area (Å²) < 4.78 is 0. The van der Waals surface area contributed by atoms with E-state index < -0.39 is 0 Å². The Morgan fingerprint density at radius 2 is 0.607 bits per heavy atom. The molecule has 4 bridgehead atoms. The second-order valence-electron chi connectivity index (χ2n) is 10.1. The topological polar surface area (TPSA) is 0 Å². The van der Waals surface area contributed by atoms with Crippen molar-refractivity contribution in [2.24, 2.45) is 0 Å². The first-order valence-corrected chi connectivity index (χ1v) is 11.5. The Hall–Kier alpha value is -1.56. The van der Waals surface area contributed by atoms with Crippen LogP contribution in [-0.4, -0.2) is 0 Å². The molecule has 0 N–H and O–H groups in total.